The predicted molar refractivity (Wildman–Crippen MR) is 67.3 cm³/mol. The third kappa shape index (κ3) is 4.72. The van der Waals surface area contributed by atoms with Crippen LogP contribution in [-0.4, -0.2) is 19.2 Å². The fourth-order valence-electron chi connectivity index (χ4n) is 1.34. The van der Waals surface area contributed by atoms with Crippen LogP contribution in [0.15, 0.2) is 36.4 Å². The van der Waals surface area contributed by atoms with Crippen molar-refractivity contribution in [1.82, 2.24) is 0 Å². The van der Waals surface area contributed by atoms with E-state index >= 15 is 0 Å². The molecule has 0 atom stereocenters. The molecule has 0 bridgehead atoms. The van der Waals surface area contributed by atoms with Gasteiger partial charge >= 0.3 is 5.97 Å². The molecule has 3 heteroatoms. The second-order valence-corrected chi connectivity index (χ2v) is 3.45. The third-order valence-electron chi connectivity index (χ3n) is 2.13. The number of hydrogen-bond acceptors (Lipinski definition) is 3. The summed E-state index contributed by atoms with van der Waals surface area (Å²) in [5.74, 6) is 0.381. The minimum absolute atomic E-state index is 0.314. The van der Waals surface area contributed by atoms with Crippen LogP contribution in [0.4, 0.5) is 0 Å². The lowest BCUT2D eigenvalue weighted by Crippen LogP contribution is -2.05. The summed E-state index contributed by atoms with van der Waals surface area (Å²) in [6.45, 7) is 4.75. The quantitative estimate of drug-likeness (QED) is 0.431. The molecule has 0 radical (unpaired) electrons. The Morgan fingerprint density at radius 2 is 2.24 bits per heavy atom. The highest BCUT2D eigenvalue weighted by atomic mass is 16.5. The zero-order chi connectivity index (χ0) is 12.5. The number of carbonyl (C=O) groups excluding carboxylic acids is 1. The summed E-state index contributed by atoms with van der Waals surface area (Å²) in [6.07, 6.45) is 4.88. The minimum atomic E-state index is -0.314. The first kappa shape index (κ1) is 13.3. The third-order valence-corrected chi connectivity index (χ3v) is 2.13. The van der Waals surface area contributed by atoms with E-state index in [0.29, 0.717) is 24.5 Å². The summed E-state index contributed by atoms with van der Waals surface area (Å²) >= 11 is 0. The van der Waals surface area contributed by atoms with Crippen LogP contribution < -0.4 is 4.74 Å². The molecule has 0 unspecified atom stereocenters. The lowest BCUT2D eigenvalue weighted by Gasteiger charge is -2.06. The van der Waals surface area contributed by atoms with Crippen molar-refractivity contribution in [2.75, 3.05) is 13.2 Å². The number of allylic oxidation sites excluding steroid dienone is 1. The Hall–Kier alpha value is -1.77. The fraction of sp³-hybridized carbons (Fsp3) is 0.357. The lowest BCUT2D eigenvalue weighted by molar-refractivity contribution is 0.0526. The van der Waals surface area contributed by atoms with Crippen LogP contribution in [0.5, 0.6) is 5.75 Å². The SMILES string of the molecule is CC=CCCOc1cccc(C(=O)OCC)c1. The molecule has 3 nitrogen and oxygen atoms in total. The minimum Gasteiger partial charge on any atom is -0.493 e. The van der Waals surface area contributed by atoms with Gasteiger partial charge in [-0.05, 0) is 38.5 Å². The van der Waals surface area contributed by atoms with E-state index < -0.39 is 0 Å². The van der Waals surface area contributed by atoms with Gasteiger partial charge in [0.15, 0.2) is 0 Å². The van der Waals surface area contributed by atoms with E-state index in [1.807, 2.05) is 25.1 Å². The van der Waals surface area contributed by atoms with Gasteiger partial charge in [0.25, 0.3) is 0 Å². The van der Waals surface area contributed by atoms with Crippen molar-refractivity contribution in [1.29, 1.82) is 0 Å². The molecule has 0 amide bonds. The molecule has 0 saturated carbocycles. The van der Waals surface area contributed by atoms with E-state index in [2.05, 4.69) is 0 Å². The molecule has 0 N–H and O–H groups in total. The average molecular weight is 234 g/mol. The van der Waals surface area contributed by atoms with Crippen LogP contribution in [0.25, 0.3) is 0 Å². The molecule has 1 aromatic carbocycles. The van der Waals surface area contributed by atoms with E-state index in [1.54, 1.807) is 25.1 Å². The van der Waals surface area contributed by atoms with Crippen molar-refractivity contribution in [3.63, 3.8) is 0 Å². The Morgan fingerprint density at radius 3 is 2.94 bits per heavy atom. The van der Waals surface area contributed by atoms with Crippen LogP contribution in [0.3, 0.4) is 0 Å². The molecular weight excluding hydrogens is 216 g/mol. The van der Waals surface area contributed by atoms with Crippen LogP contribution >= 0.6 is 0 Å². The van der Waals surface area contributed by atoms with E-state index in [4.69, 9.17) is 9.47 Å². The first-order valence-electron chi connectivity index (χ1n) is 5.79. The highest BCUT2D eigenvalue weighted by Crippen LogP contribution is 2.14. The van der Waals surface area contributed by atoms with Crippen molar-refractivity contribution in [2.45, 2.75) is 20.3 Å². The Bertz CT molecular complexity index is 383. The molecule has 0 heterocycles. The van der Waals surface area contributed by atoms with Gasteiger partial charge in [-0.15, -0.1) is 0 Å². The van der Waals surface area contributed by atoms with Gasteiger partial charge in [-0.25, -0.2) is 4.79 Å². The van der Waals surface area contributed by atoms with Crippen LogP contribution in [0, 0.1) is 0 Å². The molecule has 0 aliphatic heterocycles. The Labute approximate surface area is 102 Å². The van der Waals surface area contributed by atoms with E-state index in [9.17, 15) is 4.79 Å². The van der Waals surface area contributed by atoms with E-state index in [1.165, 1.54) is 0 Å². The van der Waals surface area contributed by atoms with Crippen molar-refractivity contribution in [3.05, 3.63) is 42.0 Å². The first-order chi connectivity index (χ1) is 8.27. The maximum absolute atomic E-state index is 11.5. The first-order valence-corrected chi connectivity index (χ1v) is 5.79. The van der Waals surface area contributed by atoms with E-state index in [-0.39, 0.29) is 5.97 Å². The summed E-state index contributed by atoms with van der Waals surface area (Å²) in [5.41, 5.74) is 0.524. The summed E-state index contributed by atoms with van der Waals surface area (Å²) in [5, 5.41) is 0. The molecule has 17 heavy (non-hydrogen) atoms. The van der Waals surface area contributed by atoms with Crippen molar-refractivity contribution >= 4 is 5.97 Å². The van der Waals surface area contributed by atoms with Gasteiger partial charge in [0.1, 0.15) is 5.75 Å². The van der Waals surface area contributed by atoms with Gasteiger partial charge in [0.2, 0.25) is 0 Å². The topological polar surface area (TPSA) is 35.5 Å². The van der Waals surface area contributed by atoms with Gasteiger partial charge < -0.3 is 9.47 Å². The van der Waals surface area contributed by atoms with Gasteiger partial charge in [-0.1, -0.05) is 18.2 Å². The lowest BCUT2D eigenvalue weighted by atomic mass is 10.2. The second kappa shape index (κ2) is 7.49. The molecule has 0 saturated heterocycles. The second-order valence-electron chi connectivity index (χ2n) is 3.45. The molecule has 92 valence electrons. The van der Waals surface area contributed by atoms with Gasteiger partial charge in [0.05, 0.1) is 18.8 Å². The van der Waals surface area contributed by atoms with Crippen LogP contribution in [0.2, 0.25) is 0 Å². The molecule has 0 fully saturated rings. The monoisotopic (exact) mass is 234 g/mol. The molecule has 0 aromatic heterocycles. The number of rotatable bonds is 6. The summed E-state index contributed by atoms with van der Waals surface area (Å²) in [7, 11) is 0. The maximum Gasteiger partial charge on any atom is 0.338 e. The van der Waals surface area contributed by atoms with Gasteiger partial charge in [0, 0.05) is 0 Å². The number of carbonyl (C=O) groups is 1. The van der Waals surface area contributed by atoms with Crippen LogP contribution in [0.1, 0.15) is 30.6 Å². The average Bonchev–Trinajstić information content (AvgIpc) is 2.35. The number of ether oxygens (including phenoxy) is 2. The maximum atomic E-state index is 11.5. The Morgan fingerprint density at radius 1 is 1.41 bits per heavy atom. The fourth-order valence-corrected chi connectivity index (χ4v) is 1.34. The van der Waals surface area contributed by atoms with Crippen LogP contribution in [-0.2, 0) is 4.74 Å². The summed E-state index contributed by atoms with van der Waals surface area (Å²) < 4.78 is 10.4. The van der Waals surface area contributed by atoms with E-state index in [0.717, 1.165) is 6.42 Å². The number of benzene rings is 1. The highest BCUT2D eigenvalue weighted by molar-refractivity contribution is 5.89. The predicted octanol–water partition coefficient (Wildman–Crippen LogP) is 3.21. The zero-order valence-corrected chi connectivity index (χ0v) is 10.3. The standard InChI is InChI=1S/C14H18O3/c1-3-5-6-10-17-13-9-7-8-12(11-13)14(15)16-4-2/h3,5,7-9,11H,4,6,10H2,1-2H3. The smallest absolute Gasteiger partial charge is 0.338 e. The van der Waals surface area contributed by atoms with Crippen molar-refractivity contribution < 1.29 is 14.3 Å². The number of esters is 1. The Balaban J connectivity index is 2.56. The molecule has 1 rings (SSSR count). The molecule has 0 aliphatic rings. The Kier molecular flexibility index (Phi) is 5.86. The normalized spacial score (nSPS) is 10.5. The van der Waals surface area contributed by atoms with Crippen molar-refractivity contribution in [3.8, 4) is 5.75 Å². The summed E-state index contributed by atoms with van der Waals surface area (Å²) in [6, 6.07) is 7.04. The molecule has 0 aliphatic carbocycles. The zero-order valence-electron chi connectivity index (χ0n) is 10.3. The number of hydrogen-bond donors (Lipinski definition) is 0. The highest BCUT2D eigenvalue weighted by Gasteiger charge is 2.06. The molecular formula is C14H18O3. The largest absolute Gasteiger partial charge is 0.493 e. The molecule has 0 spiro atoms. The summed E-state index contributed by atoms with van der Waals surface area (Å²) in [4.78, 5) is 11.5. The van der Waals surface area contributed by atoms with Gasteiger partial charge in [-0.3, -0.25) is 0 Å². The molecule has 1 aromatic rings. The van der Waals surface area contributed by atoms with Gasteiger partial charge in [-0.2, -0.15) is 0 Å². The van der Waals surface area contributed by atoms with Crippen molar-refractivity contribution in [2.24, 2.45) is 0 Å².